The third-order valence-corrected chi connectivity index (χ3v) is 4.85. The van der Waals surface area contributed by atoms with E-state index in [1.807, 2.05) is 18.2 Å². The van der Waals surface area contributed by atoms with Gasteiger partial charge in [-0.2, -0.15) is 5.26 Å². The number of carbonyl (C=O) groups is 2. The molecule has 8 nitrogen and oxygen atoms in total. The Morgan fingerprint density at radius 1 is 1.21 bits per heavy atom. The largest absolute Gasteiger partial charge is 0.487 e. The van der Waals surface area contributed by atoms with Gasteiger partial charge in [0.05, 0.1) is 11.3 Å². The lowest BCUT2D eigenvalue weighted by Gasteiger charge is -2.34. The average Bonchev–Trinajstić information content (AvgIpc) is 2.73. The van der Waals surface area contributed by atoms with Crippen molar-refractivity contribution in [3.05, 3.63) is 58.4 Å². The molecular weight excluding hydrogens is 394 g/mol. The second kappa shape index (κ2) is 9.37. The molecular formula is C20H20ClN5O3. The van der Waals surface area contributed by atoms with Crippen LogP contribution in [0.4, 0.5) is 0 Å². The quantitative estimate of drug-likeness (QED) is 0.739. The number of ether oxygens (including phenoxy) is 1. The van der Waals surface area contributed by atoms with E-state index in [9.17, 15) is 9.59 Å². The molecule has 0 spiro atoms. The van der Waals surface area contributed by atoms with E-state index in [0.717, 1.165) is 5.56 Å². The Bertz CT molecular complexity index is 934. The molecule has 0 saturated carbocycles. The number of rotatable bonds is 5. The van der Waals surface area contributed by atoms with E-state index in [0.29, 0.717) is 54.8 Å². The lowest BCUT2D eigenvalue weighted by molar-refractivity contribution is -0.145. The number of hydrogen-bond acceptors (Lipinski definition) is 6. The lowest BCUT2D eigenvalue weighted by Crippen LogP contribution is -2.51. The highest BCUT2D eigenvalue weighted by molar-refractivity contribution is 6.34. The molecule has 2 amide bonds. The number of nitrogens with zero attached hydrogens (tertiary/aromatic N) is 4. The van der Waals surface area contributed by atoms with E-state index in [1.54, 1.807) is 18.2 Å². The van der Waals surface area contributed by atoms with Gasteiger partial charge in [0.25, 0.3) is 0 Å². The van der Waals surface area contributed by atoms with Crippen LogP contribution in [-0.2, 0) is 22.7 Å². The molecule has 1 saturated heterocycles. The molecule has 3 rings (SSSR count). The summed E-state index contributed by atoms with van der Waals surface area (Å²) in [6.07, 6.45) is 1.51. The first-order chi connectivity index (χ1) is 14.0. The van der Waals surface area contributed by atoms with Gasteiger partial charge in [0, 0.05) is 49.5 Å². The van der Waals surface area contributed by atoms with Crippen LogP contribution in [0.25, 0.3) is 0 Å². The van der Waals surface area contributed by atoms with E-state index in [2.05, 4.69) is 9.88 Å². The van der Waals surface area contributed by atoms with Crippen molar-refractivity contribution in [1.29, 1.82) is 5.26 Å². The highest BCUT2D eigenvalue weighted by atomic mass is 35.5. The Hall–Kier alpha value is -3.15. The first-order valence-corrected chi connectivity index (χ1v) is 9.41. The standard InChI is InChI=1S/C20H20ClN5O3/c21-16-2-4-18(29-13-17-3-1-14(10-22)11-24-17)15(9-16)12-25-5-7-26(8-6-25)20(28)19(23)27/h1-4,9,11H,5-8,12-13H2,(H2,23,27). The third kappa shape index (κ3) is 5.44. The van der Waals surface area contributed by atoms with E-state index < -0.39 is 11.8 Å². The summed E-state index contributed by atoms with van der Waals surface area (Å²) < 4.78 is 5.93. The number of aromatic nitrogens is 1. The minimum Gasteiger partial charge on any atom is -0.487 e. The maximum Gasteiger partial charge on any atom is 0.311 e. The van der Waals surface area contributed by atoms with Crippen LogP contribution in [0.5, 0.6) is 5.75 Å². The number of pyridine rings is 1. The van der Waals surface area contributed by atoms with Crippen molar-refractivity contribution in [2.45, 2.75) is 13.2 Å². The zero-order valence-electron chi connectivity index (χ0n) is 15.7. The molecule has 0 atom stereocenters. The van der Waals surface area contributed by atoms with Crippen LogP contribution in [0.1, 0.15) is 16.8 Å². The van der Waals surface area contributed by atoms with E-state index in [4.69, 9.17) is 27.3 Å². The van der Waals surface area contributed by atoms with Crippen LogP contribution < -0.4 is 10.5 Å². The minimum atomic E-state index is -0.930. The van der Waals surface area contributed by atoms with Crippen molar-refractivity contribution in [3.63, 3.8) is 0 Å². The molecule has 2 aromatic rings. The zero-order chi connectivity index (χ0) is 20.8. The van der Waals surface area contributed by atoms with Crippen molar-refractivity contribution < 1.29 is 14.3 Å². The van der Waals surface area contributed by atoms with Crippen molar-refractivity contribution in [2.24, 2.45) is 5.73 Å². The number of benzene rings is 1. The molecule has 0 aliphatic carbocycles. The highest BCUT2D eigenvalue weighted by Crippen LogP contribution is 2.25. The van der Waals surface area contributed by atoms with Crippen LogP contribution in [-0.4, -0.2) is 52.8 Å². The number of piperazine rings is 1. The van der Waals surface area contributed by atoms with Crippen LogP contribution in [0.15, 0.2) is 36.5 Å². The molecule has 1 fully saturated rings. The molecule has 0 bridgehead atoms. The zero-order valence-corrected chi connectivity index (χ0v) is 16.4. The Morgan fingerprint density at radius 3 is 2.59 bits per heavy atom. The summed E-state index contributed by atoms with van der Waals surface area (Å²) in [5, 5.41) is 9.45. The summed E-state index contributed by atoms with van der Waals surface area (Å²) in [7, 11) is 0. The minimum absolute atomic E-state index is 0.265. The smallest absolute Gasteiger partial charge is 0.311 e. The van der Waals surface area contributed by atoms with Crippen LogP contribution in [0.3, 0.4) is 0 Å². The van der Waals surface area contributed by atoms with E-state index >= 15 is 0 Å². The molecule has 9 heteroatoms. The molecule has 150 valence electrons. The number of halogens is 1. The summed E-state index contributed by atoms with van der Waals surface area (Å²) in [4.78, 5) is 30.6. The predicted molar refractivity (Wildman–Crippen MR) is 106 cm³/mol. The summed E-state index contributed by atoms with van der Waals surface area (Å²) in [5.74, 6) is -0.886. The molecule has 1 aliphatic heterocycles. The summed E-state index contributed by atoms with van der Waals surface area (Å²) in [6.45, 7) is 2.96. The normalized spacial score (nSPS) is 14.3. The number of hydrogen-bond donors (Lipinski definition) is 1. The van der Waals surface area contributed by atoms with Gasteiger partial charge in [0.15, 0.2) is 0 Å². The first-order valence-electron chi connectivity index (χ1n) is 9.03. The maximum atomic E-state index is 11.7. The van der Waals surface area contributed by atoms with Crippen molar-refractivity contribution in [1.82, 2.24) is 14.8 Å². The Morgan fingerprint density at radius 2 is 1.97 bits per heavy atom. The van der Waals surface area contributed by atoms with Gasteiger partial charge in [-0.05, 0) is 30.3 Å². The number of carbonyl (C=O) groups excluding carboxylic acids is 2. The van der Waals surface area contributed by atoms with Gasteiger partial charge >= 0.3 is 11.8 Å². The van der Waals surface area contributed by atoms with Crippen LogP contribution >= 0.6 is 11.6 Å². The molecule has 29 heavy (non-hydrogen) atoms. The van der Waals surface area contributed by atoms with Gasteiger partial charge in [-0.1, -0.05) is 11.6 Å². The molecule has 2 N–H and O–H groups in total. The van der Waals surface area contributed by atoms with Gasteiger partial charge in [0.2, 0.25) is 0 Å². The van der Waals surface area contributed by atoms with E-state index in [-0.39, 0.29) is 6.61 Å². The number of nitriles is 1. The van der Waals surface area contributed by atoms with Crippen molar-refractivity contribution in [3.8, 4) is 11.8 Å². The Balaban J connectivity index is 1.62. The van der Waals surface area contributed by atoms with Gasteiger partial charge in [0.1, 0.15) is 18.4 Å². The first kappa shape index (κ1) is 20.6. The molecule has 1 aromatic heterocycles. The fourth-order valence-electron chi connectivity index (χ4n) is 3.05. The van der Waals surface area contributed by atoms with Crippen LogP contribution in [0.2, 0.25) is 5.02 Å². The SMILES string of the molecule is N#Cc1ccc(COc2ccc(Cl)cc2CN2CCN(C(=O)C(N)=O)CC2)nc1. The molecule has 2 heterocycles. The fourth-order valence-corrected chi connectivity index (χ4v) is 3.24. The second-order valence-electron chi connectivity index (χ2n) is 6.62. The van der Waals surface area contributed by atoms with Gasteiger partial charge < -0.3 is 15.4 Å². The number of amides is 2. The third-order valence-electron chi connectivity index (χ3n) is 4.62. The maximum absolute atomic E-state index is 11.7. The summed E-state index contributed by atoms with van der Waals surface area (Å²) >= 11 is 6.16. The van der Waals surface area contributed by atoms with E-state index in [1.165, 1.54) is 11.1 Å². The Labute approximate surface area is 173 Å². The second-order valence-corrected chi connectivity index (χ2v) is 7.06. The molecule has 0 radical (unpaired) electrons. The summed E-state index contributed by atoms with van der Waals surface area (Å²) in [5.41, 5.74) is 7.19. The van der Waals surface area contributed by atoms with Crippen LogP contribution in [0, 0.1) is 11.3 Å². The van der Waals surface area contributed by atoms with Crippen molar-refractivity contribution in [2.75, 3.05) is 26.2 Å². The summed E-state index contributed by atoms with van der Waals surface area (Å²) in [6, 6.07) is 10.9. The topological polar surface area (TPSA) is 113 Å². The van der Waals surface area contributed by atoms with Crippen molar-refractivity contribution >= 4 is 23.4 Å². The highest BCUT2D eigenvalue weighted by Gasteiger charge is 2.24. The van der Waals surface area contributed by atoms with Gasteiger partial charge in [-0.15, -0.1) is 0 Å². The average molecular weight is 414 g/mol. The number of primary amides is 1. The lowest BCUT2D eigenvalue weighted by atomic mass is 10.1. The number of nitrogens with two attached hydrogens (primary N) is 1. The monoisotopic (exact) mass is 413 g/mol. The van der Waals surface area contributed by atoms with Gasteiger partial charge in [-0.25, -0.2) is 0 Å². The molecule has 0 unspecified atom stereocenters. The predicted octanol–water partition coefficient (Wildman–Crippen LogP) is 1.32. The molecule has 1 aromatic carbocycles. The fraction of sp³-hybridized carbons (Fsp3) is 0.300. The molecule has 1 aliphatic rings. The van der Waals surface area contributed by atoms with Gasteiger partial charge in [-0.3, -0.25) is 19.5 Å². The Kier molecular flexibility index (Phi) is 6.65.